The van der Waals surface area contributed by atoms with Gasteiger partial charge in [-0.2, -0.15) is 0 Å². The minimum atomic E-state index is -0.397. The fourth-order valence-electron chi connectivity index (χ4n) is 1.35. The van der Waals surface area contributed by atoms with Gasteiger partial charge in [0.05, 0.1) is 11.0 Å². The number of rotatable bonds is 2. The highest BCUT2D eigenvalue weighted by atomic mass is 79.9. The molecule has 1 aromatic carbocycles. The molecule has 1 heterocycles. The van der Waals surface area contributed by atoms with Crippen LogP contribution in [0.1, 0.15) is 5.56 Å². The molecule has 0 spiro atoms. The quantitative estimate of drug-likeness (QED) is 0.846. The van der Waals surface area contributed by atoms with E-state index in [0.717, 1.165) is 0 Å². The second-order valence-corrected chi connectivity index (χ2v) is 4.19. The van der Waals surface area contributed by atoms with Crippen LogP contribution in [0, 0.1) is 5.82 Å². The molecule has 16 heavy (non-hydrogen) atoms. The first kappa shape index (κ1) is 11.0. The van der Waals surface area contributed by atoms with Crippen molar-refractivity contribution in [2.45, 2.75) is 6.54 Å². The van der Waals surface area contributed by atoms with Crippen LogP contribution in [0.2, 0.25) is 0 Å². The van der Waals surface area contributed by atoms with Crippen molar-refractivity contribution in [3.05, 3.63) is 63.0 Å². The lowest BCUT2D eigenvalue weighted by Crippen LogP contribution is -2.22. The molecule has 0 unspecified atom stereocenters. The van der Waals surface area contributed by atoms with Gasteiger partial charge in [-0.1, -0.05) is 18.2 Å². The highest BCUT2D eigenvalue weighted by molar-refractivity contribution is 9.10. The van der Waals surface area contributed by atoms with E-state index in [0.29, 0.717) is 10.0 Å². The van der Waals surface area contributed by atoms with Gasteiger partial charge in [0.1, 0.15) is 5.82 Å². The van der Waals surface area contributed by atoms with Gasteiger partial charge in [-0.3, -0.25) is 4.57 Å². The minimum absolute atomic E-state index is 0.179. The SMILES string of the molecule is O=c1ncc(Br)cn1Cc1ccccc1F. The van der Waals surface area contributed by atoms with Gasteiger partial charge < -0.3 is 0 Å². The molecule has 2 rings (SSSR count). The van der Waals surface area contributed by atoms with Crippen LogP contribution >= 0.6 is 15.9 Å². The van der Waals surface area contributed by atoms with E-state index in [-0.39, 0.29) is 12.4 Å². The third-order valence-electron chi connectivity index (χ3n) is 2.12. The summed E-state index contributed by atoms with van der Waals surface area (Å²) in [5, 5.41) is 0. The highest BCUT2D eigenvalue weighted by Crippen LogP contribution is 2.09. The largest absolute Gasteiger partial charge is 0.347 e. The first-order valence-electron chi connectivity index (χ1n) is 4.62. The molecule has 0 fully saturated rings. The van der Waals surface area contributed by atoms with Crippen molar-refractivity contribution in [2.24, 2.45) is 0 Å². The van der Waals surface area contributed by atoms with E-state index in [1.165, 1.54) is 16.8 Å². The molecular weight excluding hydrogens is 275 g/mol. The maximum Gasteiger partial charge on any atom is 0.347 e. The average Bonchev–Trinajstić information content (AvgIpc) is 2.27. The van der Waals surface area contributed by atoms with Crippen molar-refractivity contribution in [2.75, 3.05) is 0 Å². The lowest BCUT2D eigenvalue weighted by molar-refractivity contribution is 0.593. The summed E-state index contributed by atoms with van der Waals surface area (Å²) < 4.78 is 15.4. The number of nitrogens with zero attached hydrogens (tertiary/aromatic N) is 2. The maximum atomic E-state index is 13.4. The molecule has 82 valence electrons. The molecule has 0 bridgehead atoms. The Labute approximate surface area is 99.7 Å². The molecule has 5 heteroatoms. The van der Waals surface area contributed by atoms with E-state index >= 15 is 0 Å². The molecule has 0 saturated heterocycles. The number of hydrogen-bond acceptors (Lipinski definition) is 2. The lowest BCUT2D eigenvalue weighted by atomic mass is 10.2. The zero-order valence-electron chi connectivity index (χ0n) is 8.23. The molecule has 0 atom stereocenters. The predicted molar refractivity (Wildman–Crippen MR) is 61.7 cm³/mol. The van der Waals surface area contributed by atoms with E-state index in [2.05, 4.69) is 20.9 Å². The third-order valence-corrected chi connectivity index (χ3v) is 2.53. The zero-order chi connectivity index (χ0) is 11.5. The third kappa shape index (κ3) is 2.36. The lowest BCUT2D eigenvalue weighted by Gasteiger charge is -2.05. The number of benzene rings is 1. The minimum Gasteiger partial charge on any atom is -0.294 e. The summed E-state index contributed by atoms with van der Waals surface area (Å²) in [4.78, 5) is 15.0. The van der Waals surface area contributed by atoms with Gasteiger partial charge in [0.25, 0.3) is 0 Å². The molecule has 0 aliphatic heterocycles. The number of aromatic nitrogens is 2. The zero-order valence-corrected chi connectivity index (χ0v) is 9.82. The predicted octanol–water partition coefficient (Wildman–Crippen LogP) is 2.19. The monoisotopic (exact) mass is 282 g/mol. The van der Waals surface area contributed by atoms with E-state index in [1.54, 1.807) is 24.4 Å². The first-order chi connectivity index (χ1) is 7.66. The molecule has 0 amide bonds. The Kier molecular flexibility index (Phi) is 3.14. The fraction of sp³-hybridized carbons (Fsp3) is 0.0909. The molecular formula is C11H8BrFN2O. The molecule has 1 aromatic heterocycles. The summed E-state index contributed by atoms with van der Waals surface area (Å²) in [5.41, 5.74) is 0.0657. The van der Waals surface area contributed by atoms with Gasteiger partial charge in [-0.15, -0.1) is 0 Å². The standard InChI is InChI=1S/C11H8BrFN2O/c12-9-5-14-11(16)15(7-9)6-8-3-1-2-4-10(8)13/h1-5,7H,6H2. The summed E-state index contributed by atoms with van der Waals surface area (Å²) in [6.45, 7) is 0.179. The molecule has 0 radical (unpaired) electrons. The van der Waals surface area contributed by atoms with Crippen LogP contribution in [0.25, 0.3) is 0 Å². The molecule has 2 aromatic rings. The van der Waals surface area contributed by atoms with Gasteiger partial charge in [-0.25, -0.2) is 14.2 Å². The van der Waals surface area contributed by atoms with Crippen molar-refractivity contribution >= 4 is 15.9 Å². The van der Waals surface area contributed by atoms with Crippen molar-refractivity contribution in [1.29, 1.82) is 0 Å². The van der Waals surface area contributed by atoms with Crippen molar-refractivity contribution in [3.8, 4) is 0 Å². The Balaban J connectivity index is 2.38. The molecule has 0 saturated carbocycles. The average molecular weight is 283 g/mol. The summed E-state index contributed by atoms with van der Waals surface area (Å²) in [5.74, 6) is -0.325. The second-order valence-electron chi connectivity index (χ2n) is 3.27. The first-order valence-corrected chi connectivity index (χ1v) is 5.41. The summed E-state index contributed by atoms with van der Waals surface area (Å²) in [7, 11) is 0. The van der Waals surface area contributed by atoms with E-state index < -0.39 is 5.69 Å². The number of halogens is 2. The molecule has 0 N–H and O–H groups in total. The van der Waals surface area contributed by atoms with Crippen LogP contribution in [0.3, 0.4) is 0 Å². The van der Waals surface area contributed by atoms with Crippen molar-refractivity contribution in [3.63, 3.8) is 0 Å². The Hall–Kier alpha value is -1.49. The summed E-state index contributed by atoms with van der Waals surface area (Å²) in [6, 6.07) is 6.35. The Bertz CT molecular complexity index is 568. The fourth-order valence-corrected chi connectivity index (χ4v) is 1.70. The Morgan fingerprint density at radius 1 is 1.38 bits per heavy atom. The topological polar surface area (TPSA) is 34.9 Å². The van der Waals surface area contributed by atoms with Crippen LogP contribution in [0.15, 0.2) is 45.9 Å². The van der Waals surface area contributed by atoms with E-state index in [4.69, 9.17) is 0 Å². The maximum absolute atomic E-state index is 13.4. The Morgan fingerprint density at radius 3 is 2.88 bits per heavy atom. The van der Waals surface area contributed by atoms with Crippen LogP contribution in [-0.2, 0) is 6.54 Å². The smallest absolute Gasteiger partial charge is 0.294 e. The van der Waals surface area contributed by atoms with Gasteiger partial charge in [0.2, 0.25) is 0 Å². The van der Waals surface area contributed by atoms with Crippen LogP contribution in [0.4, 0.5) is 4.39 Å². The van der Waals surface area contributed by atoms with Crippen LogP contribution in [-0.4, -0.2) is 9.55 Å². The summed E-state index contributed by atoms with van der Waals surface area (Å²) in [6.07, 6.45) is 3.00. The van der Waals surface area contributed by atoms with Gasteiger partial charge in [0.15, 0.2) is 0 Å². The normalized spacial score (nSPS) is 10.4. The molecule has 0 aliphatic rings. The van der Waals surface area contributed by atoms with E-state index in [1.807, 2.05) is 0 Å². The van der Waals surface area contributed by atoms with Crippen molar-refractivity contribution in [1.82, 2.24) is 9.55 Å². The molecule has 0 aliphatic carbocycles. The molecule has 3 nitrogen and oxygen atoms in total. The highest BCUT2D eigenvalue weighted by Gasteiger charge is 2.03. The Morgan fingerprint density at radius 2 is 2.12 bits per heavy atom. The van der Waals surface area contributed by atoms with Gasteiger partial charge in [-0.05, 0) is 22.0 Å². The van der Waals surface area contributed by atoms with Gasteiger partial charge in [0, 0.05) is 18.0 Å². The van der Waals surface area contributed by atoms with Crippen molar-refractivity contribution < 1.29 is 4.39 Å². The van der Waals surface area contributed by atoms with E-state index in [9.17, 15) is 9.18 Å². The summed E-state index contributed by atoms with van der Waals surface area (Å²) >= 11 is 3.21. The van der Waals surface area contributed by atoms with Gasteiger partial charge >= 0.3 is 5.69 Å². The number of hydrogen-bond donors (Lipinski definition) is 0. The second kappa shape index (κ2) is 4.57. The van der Waals surface area contributed by atoms with Crippen LogP contribution < -0.4 is 5.69 Å². The van der Waals surface area contributed by atoms with Crippen LogP contribution in [0.5, 0.6) is 0 Å².